The maximum absolute atomic E-state index is 2.40. The van der Waals surface area contributed by atoms with Gasteiger partial charge in [0.2, 0.25) is 0 Å². The molecule has 0 amide bonds. The molecule has 1 heteroatoms. The highest BCUT2D eigenvalue weighted by Gasteiger charge is 2.17. The number of aromatic nitrogens is 1. The lowest BCUT2D eigenvalue weighted by Crippen LogP contribution is -1.95. The number of nitrogens with zero attached hydrogens (tertiary/aromatic N) is 1. The second kappa shape index (κ2) is 5.89. The topological polar surface area (TPSA) is 4.93 Å². The Kier molecular flexibility index (Phi) is 3.39. The SMILES string of the molecule is Cc1ccc(-c2ccccc2)c2c3ccccc3n(-c3ccccc3)c12. The molecule has 1 heterocycles. The van der Waals surface area contributed by atoms with Gasteiger partial charge in [0, 0.05) is 16.5 Å². The van der Waals surface area contributed by atoms with E-state index in [4.69, 9.17) is 0 Å². The van der Waals surface area contributed by atoms with E-state index < -0.39 is 0 Å². The van der Waals surface area contributed by atoms with Crippen LogP contribution in [0.15, 0.2) is 97.1 Å². The van der Waals surface area contributed by atoms with Crippen LogP contribution in [0, 0.1) is 6.92 Å². The maximum atomic E-state index is 2.40. The van der Waals surface area contributed by atoms with E-state index in [9.17, 15) is 0 Å². The monoisotopic (exact) mass is 333 g/mol. The number of aryl methyl sites for hydroxylation is 1. The fourth-order valence-corrected chi connectivity index (χ4v) is 3.96. The molecule has 124 valence electrons. The van der Waals surface area contributed by atoms with Crippen LogP contribution in [0.3, 0.4) is 0 Å². The van der Waals surface area contributed by atoms with Gasteiger partial charge in [-0.3, -0.25) is 0 Å². The third-order valence-electron chi connectivity index (χ3n) is 5.12. The Morgan fingerprint density at radius 1 is 0.615 bits per heavy atom. The summed E-state index contributed by atoms with van der Waals surface area (Å²) in [4.78, 5) is 0. The van der Waals surface area contributed by atoms with Crippen LogP contribution >= 0.6 is 0 Å². The van der Waals surface area contributed by atoms with E-state index in [2.05, 4.69) is 109 Å². The van der Waals surface area contributed by atoms with Crippen molar-refractivity contribution in [3.05, 3.63) is 103 Å². The largest absolute Gasteiger partial charge is 0.309 e. The molecule has 0 aliphatic carbocycles. The lowest BCUT2D eigenvalue weighted by molar-refractivity contribution is 1.17. The molecule has 0 fully saturated rings. The van der Waals surface area contributed by atoms with Crippen molar-refractivity contribution in [2.75, 3.05) is 0 Å². The molecule has 0 radical (unpaired) electrons. The molecule has 4 aromatic carbocycles. The van der Waals surface area contributed by atoms with Gasteiger partial charge in [0.05, 0.1) is 11.0 Å². The molecule has 1 aromatic heterocycles. The zero-order chi connectivity index (χ0) is 17.5. The Labute approximate surface area is 153 Å². The first kappa shape index (κ1) is 15.0. The Hall–Kier alpha value is -3.32. The van der Waals surface area contributed by atoms with Crippen molar-refractivity contribution in [2.45, 2.75) is 6.92 Å². The number of fused-ring (bicyclic) bond motifs is 3. The molecule has 0 aliphatic rings. The Balaban J connectivity index is 2.00. The molecule has 0 saturated heterocycles. The number of para-hydroxylation sites is 2. The van der Waals surface area contributed by atoms with Gasteiger partial charge in [-0.2, -0.15) is 0 Å². The van der Waals surface area contributed by atoms with Crippen LogP contribution in [-0.2, 0) is 0 Å². The maximum Gasteiger partial charge on any atom is 0.0576 e. The molecule has 1 nitrogen and oxygen atoms in total. The lowest BCUT2D eigenvalue weighted by atomic mass is 9.97. The minimum atomic E-state index is 1.20. The standard InChI is InChI=1S/C25H19N/c1-18-16-17-21(19-10-4-2-5-11-19)24-22-14-8-9-15-23(22)26(25(18)24)20-12-6-3-7-13-20/h2-17H,1H3. The van der Waals surface area contributed by atoms with E-state index in [0.717, 1.165) is 0 Å². The van der Waals surface area contributed by atoms with Crippen molar-refractivity contribution in [3.63, 3.8) is 0 Å². The van der Waals surface area contributed by atoms with Crippen LogP contribution < -0.4 is 0 Å². The van der Waals surface area contributed by atoms with Crippen LogP contribution in [0.2, 0.25) is 0 Å². The van der Waals surface area contributed by atoms with Gasteiger partial charge in [-0.25, -0.2) is 0 Å². The molecule has 0 spiro atoms. The number of hydrogen-bond donors (Lipinski definition) is 0. The van der Waals surface area contributed by atoms with Crippen molar-refractivity contribution in [3.8, 4) is 16.8 Å². The quantitative estimate of drug-likeness (QED) is 0.336. The lowest BCUT2D eigenvalue weighted by Gasteiger charge is -2.11. The van der Waals surface area contributed by atoms with Crippen LogP contribution in [0.4, 0.5) is 0 Å². The molecular weight excluding hydrogens is 314 g/mol. The van der Waals surface area contributed by atoms with Crippen LogP contribution in [-0.4, -0.2) is 4.57 Å². The van der Waals surface area contributed by atoms with Gasteiger partial charge in [-0.05, 0) is 41.8 Å². The number of rotatable bonds is 2. The highest BCUT2D eigenvalue weighted by Crippen LogP contribution is 2.39. The summed E-state index contributed by atoms with van der Waals surface area (Å²) >= 11 is 0. The van der Waals surface area contributed by atoms with E-state index in [0.29, 0.717) is 0 Å². The molecule has 0 aliphatic heterocycles. The zero-order valence-corrected chi connectivity index (χ0v) is 14.7. The van der Waals surface area contributed by atoms with Crippen LogP contribution in [0.5, 0.6) is 0 Å². The van der Waals surface area contributed by atoms with Crippen LogP contribution in [0.25, 0.3) is 38.6 Å². The summed E-state index contributed by atoms with van der Waals surface area (Å²) in [6, 6.07) is 34.5. The summed E-state index contributed by atoms with van der Waals surface area (Å²) in [6.45, 7) is 2.20. The van der Waals surface area contributed by atoms with E-state index in [1.807, 2.05) is 0 Å². The van der Waals surface area contributed by atoms with Gasteiger partial charge in [-0.15, -0.1) is 0 Å². The number of benzene rings is 4. The fourth-order valence-electron chi connectivity index (χ4n) is 3.96. The molecule has 5 aromatic rings. The van der Waals surface area contributed by atoms with E-state index in [1.54, 1.807) is 0 Å². The van der Waals surface area contributed by atoms with Gasteiger partial charge < -0.3 is 4.57 Å². The van der Waals surface area contributed by atoms with E-state index in [-0.39, 0.29) is 0 Å². The van der Waals surface area contributed by atoms with Gasteiger partial charge in [-0.1, -0.05) is 78.9 Å². The molecule has 26 heavy (non-hydrogen) atoms. The molecule has 0 N–H and O–H groups in total. The number of hydrogen-bond acceptors (Lipinski definition) is 0. The summed E-state index contributed by atoms with van der Waals surface area (Å²) in [5.41, 5.74) is 7.58. The highest BCUT2D eigenvalue weighted by molar-refractivity contribution is 6.16. The predicted octanol–water partition coefficient (Wildman–Crippen LogP) is 6.76. The summed E-state index contributed by atoms with van der Waals surface area (Å²) in [7, 11) is 0. The summed E-state index contributed by atoms with van der Waals surface area (Å²) in [6.07, 6.45) is 0. The highest BCUT2D eigenvalue weighted by atomic mass is 15.0. The second-order valence-corrected chi connectivity index (χ2v) is 6.71. The van der Waals surface area contributed by atoms with Gasteiger partial charge in [0.25, 0.3) is 0 Å². The van der Waals surface area contributed by atoms with E-state index in [1.165, 1.54) is 44.2 Å². The third-order valence-corrected chi connectivity index (χ3v) is 5.12. The zero-order valence-electron chi connectivity index (χ0n) is 14.7. The van der Waals surface area contributed by atoms with Crippen molar-refractivity contribution in [1.82, 2.24) is 4.57 Å². The average molecular weight is 333 g/mol. The van der Waals surface area contributed by atoms with Gasteiger partial charge >= 0.3 is 0 Å². The van der Waals surface area contributed by atoms with Crippen LogP contribution in [0.1, 0.15) is 5.56 Å². The smallest absolute Gasteiger partial charge is 0.0576 e. The predicted molar refractivity (Wildman–Crippen MR) is 111 cm³/mol. The first-order valence-corrected chi connectivity index (χ1v) is 8.98. The first-order chi connectivity index (χ1) is 12.8. The van der Waals surface area contributed by atoms with Gasteiger partial charge in [0.1, 0.15) is 0 Å². The summed E-state index contributed by atoms with van der Waals surface area (Å²) < 4.78 is 2.40. The minimum absolute atomic E-state index is 1.20. The van der Waals surface area contributed by atoms with Crippen molar-refractivity contribution in [2.24, 2.45) is 0 Å². The summed E-state index contributed by atoms with van der Waals surface area (Å²) in [5.74, 6) is 0. The normalized spacial score (nSPS) is 11.3. The Morgan fingerprint density at radius 2 is 1.27 bits per heavy atom. The van der Waals surface area contributed by atoms with E-state index >= 15 is 0 Å². The van der Waals surface area contributed by atoms with Crippen molar-refractivity contribution in [1.29, 1.82) is 0 Å². The minimum Gasteiger partial charge on any atom is -0.309 e. The molecule has 0 unspecified atom stereocenters. The van der Waals surface area contributed by atoms with Gasteiger partial charge in [0.15, 0.2) is 0 Å². The fraction of sp³-hybridized carbons (Fsp3) is 0.0400. The Bertz CT molecular complexity index is 1210. The molecular formula is C25H19N. The first-order valence-electron chi connectivity index (χ1n) is 8.98. The molecule has 5 rings (SSSR count). The van der Waals surface area contributed by atoms with Crippen molar-refractivity contribution < 1.29 is 0 Å². The van der Waals surface area contributed by atoms with Crippen molar-refractivity contribution >= 4 is 21.8 Å². The second-order valence-electron chi connectivity index (χ2n) is 6.71. The third kappa shape index (κ3) is 2.18. The molecule has 0 atom stereocenters. The summed E-state index contributed by atoms with van der Waals surface area (Å²) in [5, 5.41) is 2.63. The molecule has 0 bridgehead atoms. The molecule has 0 saturated carbocycles. The Morgan fingerprint density at radius 3 is 2.04 bits per heavy atom. The average Bonchev–Trinajstić information content (AvgIpc) is 3.06.